The van der Waals surface area contributed by atoms with Gasteiger partial charge in [-0.25, -0.2) is 0 Å². The Morgan fingerprint density at radius 2 is 1.17 bits per heavy atom. The Morgan fingerprint density at radius 3 is 1.86 bits per heavy atom. The number of hydrogen-bond acceptors (Lipinski definition) is 3. The second-order valence-corrected chi connectivity index (χ2v) is 8.68. The van der Waals surface area contributed by atoms with Crippen LogP contribution in [0, 0.1) is 0 Å². The van der Waals surface area contributed by atoms with E-state index in [1.807, 2.05) is 0 Å². The van der Waals surface area contributed by atoms with Crippen LogP contribution in [0.3, 0.4) is 0 Å². The maximum atomic E-state index is 5.51. The maximum absolute atomic E-state index is 5.51. The van der Waals surface area contributed by atoms with Crippen LogP contribution in [0.1, 0.15) is 98.3 Å². The summed E-state index contributed by atoms with van der Waals surface area (Å²) in [5, 5.41) is 7.10. The van der Waals surface area contributed by atoms with Crippen molar-refractivity contribution in [2.45, 2.75) is 98.3 Å². The number of unbranched alkanes of at least 4 members (excludes halogenated alkanes) is 5. The van der Waals surface area contributed by atoms with Crippen molar-refractivity contribution in [3.63, 3.8) is 0 Å². The monoisotopic (exact) mass is 405 g/mol. The third-order valence-corrected chi connectivity index (χ3v) is 5.23. The predicted molar refractivity (Wildman–Crippen MR) is 133 cm³/mol. The second-order valence-electron chi connectivity index (χ2n) is 8.68. The van der Waals surface area contributed by atoms with Gasteiger partial charge in [-0.3, -0.25) is 0 Å². The Bertz CT molecular complexity index is 445. The summed E-state index contributed by atoms with van der Waals surface area (Å²) < 4.78 is 0. The van der Waals surface area contributed by atoms with Crippen molar-refractivity contribution >= 4 is 0 Å². The summed E-state index contributed by atoms with van der Waals surface area (Å²) in [6, 6.07) is 0. The summed E-state index contributed by atoms with van der Waals surface area (Å²) in [7, 11) is 0. The van der Waals surface area contributed by atoms with Gasteiger partial charge in [0.05, 0.1) is 0 Å². The van der Waals surface area contributed by atoms with Gasteiger partial charge in [0.15, 0.2) is 0 Å². The van der Waals surface area contributed by atoms with E-state index in [-0.39, 0.29) is 0 Å². The minimum absolute atomic E-state index is 0.846. The Morgan fingerprint density at radius 1 is 0.621 bits per heavy atom. The number of hydrogen-bond donors (Lipinski definition) is 3. The van der Waals surface area contributed by atoms with Crippen molar-refractivity contribution < 1.29 is 0 Å². The smallest absolute Gasteiger partial charge is 0.0137 e. The average molecular weight is 406 g/mol. The molecule has 0 aliphatic heterocycles. The lowest BCUT2D eigenvalue weighted by Gasteiger charge is -2.06. The number of nitrogens with two attached hydrogens (primary N) is 1. The molecule has 0 amide bonds. The number of allylic oxidation sites excluding steroid dienone is 5. The molecule has 0 atom stereocenters. The van der Waals surface area contributed by atoms with Crippen LogP contribution in [0.4, 0.5) is 0 Å². The molecule has 0 unspecified atom stereocenters. The van der Waals surface area contributed by atoms with Gasteiger partial charge in [-0.05, 0) is 98.8 Å². The molecule has 0 aromatic heterocycles. The standard InChI is InChI=1S/C26H51N3/c1-24(2)14-11-15-25(3)16-12-17-26(4)18-23-29-22-13-21-28-20-10-8-6-5-7-9-19-27/h14,16,18,28-29H,5-13,15,17,19-23,27H2,1-4H3/b25-16+,26-18+. The van der Waals surface area contributed by atoms with Crippen molar-refractivity contribution in [2.75, 3.05) is 32.7 Å². The summed E-state index contributed by atoms with van der Waals surface area (Å²) >= 11 is 0. The van der Waals surface area contributed by atoms with Crippen LogP contribution in [-0.2, 0) is 0 Å². The van der Waals surface area contributed by atoms with E-state index in [0.717, 1.165) is 32.7 Å². The summed E-state index contributed by atoms with van der Waals surface area (Å²) in [6.07, 6.45) is 20.9. The summed E-state index contributed by atoms with van der Waals surface area (Å²) in [5.74, 6) is 0. The van der Waals surface area contributed by atoms with E-state index in [9.17, 15) is 0 Å². The van der Waals surface area contributed by atoms with Crippen molar-refractivity contribution in [1.82, 2.24) is 10.6 Å². The molecule has 3 nitrogen and oxygen atoms in total. The van der Waals surface area contributed by atoms with Crippen LogP contribution in [0.25, 0.3) is 0 Å². The Balaban J connectivity index is 3.46. The first-order chi connectivity index (χ1) is 14.1. The van der Waals surface area contributed by atoms with Gasteiger partial charge in [-0.15, -0.1) is 0 Å². The second kappa shape index (κ2) is 21.8. The first-order valence-corrected chi connectivity index (χ1v) is 12.1. The van der Waals surface area contributed by atoms with Gasteiger partial charge >= 0.3 is 0 Å². The fourth-order valence-electron chi connectivity index (χ4n) is 3.25. The normalized spacial score (nSPS) is 12.4. The molecule has 0 rings (SSSR count). The van der Waals surface area contributed by atoms with E-state index in [2.05, 4.69) is 56.6 Å². The van der Waals surface area contributed by atoms with Crippen LogP contribution in [-0.4, -0.2) is 32.7 Å². The number of nitrogens with one attached hydrogen (secondary N) is 2. The highest BCUT2D eigenvalue weighted by Gasteiger charge is 1.94. The summed E-state index contributed by atoms with van der Waals surface area (Å²) in [4.78, 5) is 0. The van der Waals surface area contributed by atoms with Crippen LogP contribution < -0.4 is 16.4 Å². The van der Waals surface area contributed by atoms with Crippen LogP contribution in [0.15, 0.2) is 34.9 Å². The molecule has 0 aromatic carbocycles. The van der Waals surface area contributed by atoms with Gasteiger partial charge in [-0.1, -0.05) is 60.6 Å². The molecule has 0 radical (unpaired) electrons. The Kier molecular flexibility index (Phi) is 21.1. The lowest BCUT2D eigenvalue weighted by atomic mass is 10.1. The molecule has 3 heteroatoms. The zero-order chi connectivity index (χ0) is 21.6. The quantitative estimate of drug-likeness (QED) is 0.165. The van der Waals surface area contributed by atoms with Gasteiger partial charge in [-0.2, -0.15) is 0 Å². The molecule has 4 N–H and O–H groups in total. The van der Waals surface area contributed by atoms with Gasteiger partial charge in [0.25, 0.3) is 0 Å². The Hall–Kier alpha value is -0.900. The minimum Gasteiger partial charge on any atom is -0.330 e. The molecule has 0 fully saturated rings. The van der Waals surface area contributed by atoms with E-state index in [0.29, 0.717) is 0 Å². The lowest BCUT2D eigenvalue weighted by Crippen LogP contribution is -2.22. The maximum Gasteiger partial charge on any atom is 0.0137 e. The van der Waals surface area contributed by atoms with Gasteiger partial charge in [0.1, 0.15) is 0 Å². The molecule has 170 valence electrons. The third kappa shape index (κ3) is 23.2. The summed E-state index contributed by atoms with van der Waals surface area (Å²) in [6.45, 7) is 14.1. The molecule has 0 saturated heterocycles. The van der Waals surface area contributed by atoms with Crippen molar-refractivity contribution in [3.8, 4) is 0 Å². The Labute approximate surface area is 182 Å². The fraction of sp³-hybridized carbons (Fsp3) is 0.769. The average Bonchev–Trinajstić information content (AvgIpc) is 2.68. The van der Waals surface area contributed by atoms with E-state index < -0.39 is 0 Å². The molecule has 0 bridgehead atoms. The molecule has 0 saturated carbocycles. The molecule has 0 aromatic rings. The molecule has 0 heterocycles. The van der Waals surface area contributed by atoms with E-state index in [1.54, 1.807) is 0 Å². The predicted octanol–water partition coefficient (Wildman–Crippen LogP) is 6.27. The zero-order valence-corrected chi connectivity index (χ0v) is 20.1. The summed E-state index contributed by atoms with van der Waals surface area (Å²) in [5.41, 5.74) is 9.95. The van der Waals surface area contributed by atoms with Gasteiger partial charge in [0.2, 0.25) is 0 Å². The first kappa shape index (κ1) is 28.1. The van der Waals surface area contributed by atoms with Crippen molar-refractivity contribution in [3.05, 3.63) is 34.9 Å². The molecule has 0 aliphatic rings. The topological polar surface area (TPSA) is 50.1 Å². The van der Waals surface area contributed by atoms with Crippen LogP contribution >= 0.6 is 0 Å². The highest BCUT2D eigenvalue weighted by Crippen LogP contribution is 2.11. The molecule has 0 aliphatic carbocycles. The van der Waals surface area contributed by atoms with Crippen molar-refractivity contribution in [2.24, 2.45) is 5.73 Å². The largest absolute Gasteiger partial charge is 0.330 e. The third-order valence-electron chi connectivity index (χ3n) is 5.23. The molecule has 29 heavy (non-hydrogen) atoms. The van der Waals surface area contributed by atoms with E-state index >= 15 is 0 Å². The molecular weight excluding hydrogens is 354 g/mol. The fourth-order valence-corrected chi connectivity index (χ4v) is 3.25. The SMILES string of the molecule is CC(C)=CCC/C(C)=C/CC/C(C)=C/CNCCCNCCCCCCCCN. The highest BCUT2D eigenvalue weighted by atomic mass is 14.9. The highest BCUT2D eigenvalue weighted by molar-refractivity contribution is 5.05. The molecule has 0 spiro atoms. The molecular formula is C26H51N3. The van der Waals surface area contributed by atoms with Gasteiger partial charge in [0, 0.05) is 6.54 Å². The zero-order valence-electron chi connectivity index (χ0n) is 20.1. The van der Waals surface area contributed by atoms with E-state index in [4.69, 9.17) is 5.73 Å². The van der Waals surface area contributed by atoms with E-state index in [1.165, 1.54) is 87.3 Å². The van der Waals surface area contributed by atoms with Crippen molar-refractivity contribution in [1.29, 1.82) is 0 Å². The lowest BCUT2D eigenvalue weighted by molar-refractivity contribution is 0.554. The minimum atomic E-state index is 0.846. The first-order valence-electron chi connectivity index (χ1n) is 12.1. The number of rotatable bonds is 20. The van der Waals surface area contributed by atoms with Gasteiger partial charge < -0.3 is 16.4 Å². The van der Waals surface area contributed by atoms with Crippen LogP contribution in [0.5, 0.6) is 0 Å². The van der Waals surface area contributed by atoms with Crippen LogP contribution in [0.2, 0.25) is 0 Å².